The molecule has 0 saturated carbocycles. The number of benzene rings is 4. The van der Waals surface area contributed by atoms with Gasteiger partial charge in [-0.2, -0.15) is 0 Å². The zero-order chi connectivity index (χ0) is 27.0. The number of ketones is 2. The summed E-state index contributed by atoms with van der Waals surface area (Å²) in [7, 11) is 1.66. The average Bonchev–Trinajstić information content (AvgIpc) is 3.14. The quantitative estimate of drug-likeness (QED) is 0.204. The Kier molecular flexibility index (Phi) is 6.50. The van der Waals surface area contributed by atoms with Crippen LogP contribution in [0, 0.1) is 6.92 Å². The number of anilines is 3. The first-order valence-corrected chi connectivity index (χ1v) is 12.7. The summed E-state index contributed by atoms with van der Waals surface area (Å²) in [5.74, 6) is 0.346. The summed E-state index contributed by atoms with van der Waals surface area (Å²) in [4.78, 5) is 28.5. The number of fused-ring (bicyclic) bond motifs is 1. The Balaban J connectivity index is 1.50. The molecule has 4 heteroatoms. The second-order valence-electron chi connectivity index (χ2n) is 10.7. The van der Waals surface area contributed by atoms with Gasteiger partial charge in [0, 0.05) is 34.3 Å². The van der Waals surface area contributed by atoms with Gasteiger partial charge in [0.15, 0.2) is 11.6 Å². The number of aryl methyl sites for hydroxylation is 1. The van der Waals surface area contributed by atoms with Crippen LogP contribution in [0.5, 0.6) is 5.75 Å². The Morgan fingerprint density at radius 2 is 1.37 bits per heavy atom. The van der Waals surface area contributed by atoms with E-state index in [-0.39, 0.29) is 22.6 Å². The van der Waals surface area contributed by atoms with Crippen LogP contribution in [-0.2, 0) is 5.41 Å². The van der Waals surface area contributed by atoms with E-state index >= 15 is 0 Å². The molecule has 4 nitrogen and oxygen atoms in total. The van der Waals surface area contributed by atoms with E-state index in [1.807, 2.05) is 66.7 Å². The van der Waals surface area contributed by atoms with Crippen molar-refractivity contribution in [3.8, 4) is 5.75 Å². The Morgan fingerprint density at radius 1 is 0.711 bits per heavy atom. The van der Waals surface area contributed by atoms with E-state index in [1.54, 1.807) is 19.3 Å². The number of hydrogen-bond acceptors (Lipinski definition) is 4. The van der Waals surface area contributed by atoms with Gasteiger partial charge in [0.05, 0.1) is 12.7 Å². The minimum Gasteiger partial charge on any atom is -0.497 e. The number of allylic oxidation sites excluding steroid dienone is 1. The van der Waals surface area contributed by atoms with Gasteiger partial charge in [0.2, 0.25) is 0 Å². The van der Waals surface area contributed by atoms with E-state index in [4.69, 9.17) is 4.74 Å². The minimum atomic E-state index is -0.215. The van der Waals surface area contributed by atoms with Crippen LogP contribution >= 0.6 is 0 Å². The van der Waals surface area contributed by atoms with Crippen LogP contribution in [0.3, 0.4) is 0 Å². The molecule has 0 atom stereocenters. The number of hydrogen-bond donors (Lipinski definition) is 0. The molecule has 0 amide bonds. The van der Waals surface area contributed by atoms with E-state index < -0.39 is 0 Å². The number of rotatable bonds is 5. The van der Waals surface area contributed by atoms with Gasteiger partial charge in [0.25, 0.3) is 0 Å². The lowest BCUT2D eigenvalue weighted by molar-refractivity contribution is 0.0990. The summed E-state index contributed by atoms with van der Waals surface area (Å²) < 4.78 is 5.47. The van der Waals surface area contributed by atoms with Crippen molar-refractivity contribution < 1.29 is 14.3 Å². The molecule has 190 valence electrons. The van der Waals surface area contributed by atoms with E-state index in [0.29, 0.717) is 11.1 Å². The number of Topliss-reactive ketones (excluding diaryl/α,β-unsaturated/α-hetero) is 2. The maximum Gasteiger partial charge on any atom is 0.197 e. The zero-order valence-corrected chi connectivity index (χ0v) is 22.4. The molecule has 0 unspecified atom stereocenters. The zero-order valence-electron chi connectivity index (χ0n) is 22.4. The van der Waals surface area contributed by atoms with Crippen molar-refractivity contribution in [2.45, 2.75) is 33.1 Å². The van der Waals surface area contributed by atoms with Crippen molar-refractivity contribution in [1.29, 1.82) is 0 Å². The molecular formula is C34H31NO3. The molecule has 0 bridgehead atoms. The first-order chi connectivity index (χ1) is 18.2. The van der Waals surface area contributed by atoms with Crippen LogP contribution in [0.4, 0.5) is 17.1 Å². The summed E-state index contributed by atoms with van der Waals surface area (Å²) >= 11 is 0. The third-order valence-corrected chi connectivity index (χ3v) is 6.90. The SMILES string of the molecule is COc1cccc(N(c2ccc(/C=C3\C(=O)c4ccc(C(C)(C)C)cc4C3=O)cc2)c2cccc(C)c2)c1. The highest BCUT2D eigenvalue weighted by atomic mass is 16.5. The van der Waals surface area contributed by atoms with Gasteiger partial charge in [-0.1, -0.05) is 57.2 Å². The van der Waals surface area contributed by atoms with Gasteiger partial charge in [-0.15, -0.1) is 0 Å². The molecule has 0 aliphatic heterocycles. The summed E-state index contributed by atoms with van der Waals surface area (Å²) in [6.45, 7) is 8.36. The Labute approximate surface area is 224 Å². The molecule has 1 aliphatic rings. The third kappa shape index (κ3) is 4.78. The number of methoxy groups -OCH3 is 1. The second kappa shape index (κ2) is 9.79. The molecule has 0 heterocycles. The minimum absolute atomic E-state index is 0.105. The lowest BCUT2D eigenvalue weighted by Crippen LogP contribution is -2.12. The first kappa shape index (κ1) is 25.2. The van der Waals surface area contributed by atoms with Crippen LogP contribution in [0.15, 0.2) is 96.6 Å². The van der Waals surface area contributed by atoms with Crippen LogP contribution in [0.1, 0.15) is 58.2 Å². The molecule has 0 spiro atoms. The number of nitrogens with zero attached hydrogens (tertiary/aromatic N) is 1. The van der Waals surface area contributed by atoms with E-state index in [9.17, 15) is 9.59 Å². The van der Waals surface area contributed by atoms with E-state index in [2.05, 4.69) is 50.8 Å². The molecule has 0 fully saturated rings. The molecule has 0 aromatic heterocycles. The predicted molar refractivity (Wildman–Crippen MR) is 154 cm³/mol. The summed E-state index contributed by atoms with van der Waals surface area (Å²) in [6.07, 6.45) is 1.70. The Bertz CT molecular complexity index is 1570. The third-order valence-electron chi connectivity index (χ3n) is 6.90. The monoisotopic (exact) mass is 501 g/mol. The fourth-order valence-electron chi connectivity index (χ4n) is 4.77. The fraction of sp³-hybridized carbons (Fsp3) is 0.176. The molecule has 4 aromatic carbocycles. The highest BCUT2D eigenvalue weighted by molar-refractivity contribution is 6.41. The van der Waals surface area contributed by atoms with Gasteiger partial charge in [0.1, 0.15) is 5.75 Å². The molecular weight excluding hydrogens is 470 g/mol. The van der Waals surface area contributed by atoms with Gasteiger partial charge in [-0.25, -0.2) is 0 Å². The number of carbonyl (C=O) groups excluding carboxylic acids is 2. The highest BCUT2D eigenvalue weighted by Crippen LogP contribution is 2.37. The molecule has 0 radical (unpaired) electrons. The van der Waals surface area contributed by atoms with Gasteiger partial charge >= 0.3 is 0 Å². The molecule has 38 heavy (non-hydrogen) atoms. The van der Waals surface area contributed by atoms with Crippen molar-refractivity contribution >= 4 is 34.7 Å². The predicted octanol–water partition coefficient (Wildman–Crippen LogP) is 8.23. The lowest BCUT2D eigenvalue weighted by Gasteiger charge is -2.26. The van der Waals surface area contributed by atoms with E-state index in [1.165, 1.54) is 0 Å². The summed E-state index contributed by atoms with van der Waals surface area (Å²) in [6, 6.07) is 29.7. The highest BCUT2D eigenvalue weighted by Gasteiger charge is 2.34. The molecule has 0 saturated heterocycles. The van der Waals surface area contributed by atoms with Gasteiger partial charge in [-0.3, -0.25) is 9.59 Å². The summed E-state index contributed by atoms with van der Waals surface area (Å²) in [5.41, 5.74) is 7.01. The summed E-state index contributed by atoms with van der Waals surface area (Å²) in [5, 5.41) is 0. The smallest absolute Gasteiger partial charge is 0.197 e. The van der Waals surface area contributed by atoms with Crippen molar-refractivity contribution in [2.75, 3.05) is 12.0 Å². The van der Waals surface area contributed by atoms with Gasteiger partial charge in [-0.05, 0) is 83.6 Å². The molecule has 1 aliphatic carbocycles. The standard InChI is InChI=1S/C34H31NO3/c1-22-8-6-9-26(18-22)35(27-10-7-11-28(21-27)38-5)25-15-12-23(13-16-25)19-31-32(36)29-17-14-24(34(2,3)4)20-30(29)33(31)37/h6-21H,1-5H3/b31-19+. The van der Waals surface area contributed by atoms with Crippen LogP contribution < -0.4 is 9.64 Å². The van der Waals surface area contributed by atoms with Crippen LogP contribution in [0.25, 0.3) is 6.08 Å². The Hall–Kier alpha value is -4.44. The lowest BCUT2D eigenvalue weighted by atomic mass is 9.85. The topological polar surface area (TPSA) is 46.6 Å². The van der Waals surface area contributed by atoms with Crippen molar-refractivity contribution in [2.24, 2.45) is 0 Å². The number of ether oxygens (including phenoxy) is 1. The Morgan fingerprint density at radius 3 is 2.03 bits per heavy atom. The second-order valence-corrected chi connectivity index (χ2v) is 10.7. The number of carbonyl (C=O) groups is 2. The first-order valence-electron chi connectivity index (χ1n) is 12.7. The van der Waals surface area contributed by atoms with E-state index in [0.717, 1.165) is 39.5 Å². The van der Waals surface area contributed by atoms with Crippen LogP contribution in [-0.4, -0.2) is 18.7 Å². The maximum absolute atomic E-state index is 13.2. The average molecular weight is 502 g/mol. The van der Waals surface area contributed by atoms with Crippen molar-refractivity contribution in [1.82, 2.24) is 0 Å². The fourth-order valence-corrected chi connectivity index (χ4v) is 4.77. The molecule has 4 aromatic rings. The maximum atomic E-state index is 13.2. The van der Waals surface area contributed by atoms with Gasteiger partial charge < -0.3 is 9.64 Å². The van der Waals surface area contributed by atoms with Crippen molar-refractivity contribution in [3.05, 3.63) is 124 Å². The van der Waals surface area contributed by atoms with Crippen LogP contribution in [0.2, 0.25) is 0 Å². The molecule has 0 N–H and O–H groups in total. The van der Waals surface area contributed by atoms with Crippen molar-refractivity contribution in [3.63, 3.8) is 0 Å². The molecule has 5 rings (SSSR count). The normalized spacial score (nSPS) is 14.1. The largest absolute Gasteiger partial charge is 0.497 e.